The van der Waals surface area contributed by atoms with E-state index in [1.807, 2.05) is 0 Å². The summed E-state index contributed by atoms with van der Waals surface area (Å²) in [5, 5.41) is 10.1. The Morgan fingerprint density at radius 2 is 2.15 bits per heavy atom. The third kappa shape index (κ3) is 1.25. The lowest BCUT2D eigenvalue weighted by Crippen LogP contribution is -2.47. The van der Waals surface area contributed by atoms with Gasteiger partial charge in [-0.05, 0) is 31.1 Å². The van der Waals surface area contributed by atoms with Crippen LogP contribution < -0.4 is 0 Å². The summed E-state index contributed by atoms with van der Waals surface area (Å²) < 4.78 is 0. The molecule has 1 nitrogen and oxygen atoms in total. The highest BCUT2D eigenvalue weighted by Gasteiger charge is 2.46. The molecule has 1 saturated carbocycles. The highest BCUT2D eigenvalue weighted by Crippen LogP contribution is 2.50. The largest absolute Gasteiger partial charge is 0.393 e. The van der Waals surface area contributed by atoms with Gasteiger partial charge in [-0.2, -0.15) is 0 Å². The molecule has 0 spiro atoms. The van der Waals surface area contributed by atoms with Gasteiger partial charge in [0.05, 0.1) is 6.10 Å². The molecule has 1 heteroatoms. The van der Waals surface area contributed by atoms with Gasteiger partial charge >= 0.3 is 0 Å². The smallest absolute Gasteiger partial charge is 0.0602 e. The summed E-state index contributed by atoms with van der Waals surface area (Å²) in [4.78, 5) is 0. The minimum Gasteiger partial charge on any atom is -0.393 e. The molecule has 0 saturated heterocycles. The third-order valence-electron chi connectivity index (χ3n) is 4.45. The molecule has 4 atom stereocenters. The number of rotatable bonds is 0. The van der Waals surface area contributed by atoms with Gasteiger partial charge in [-0.25, -0.2) is 0 Å². The van der Waals surface area contributed by atoms with Gasteiger partial charge in [0, 0.05) is 5.41 Å². The van der Waals surface area contributed by atoms with E-state index in [0.29, 0.717) is 5.92 Å². The van der Waals surface area contributed by atoms with E-state index < -0.39 is 0 Å². The van der Waals surface area contributed by atoms with Gasteiger partial charge < -0.3 is 5.11 Å². The zero-order valence-electron chi connectivity index (χ0n) is 8.66. The molecule has 0 aromatic carbocycles. The van der Waals surface area contributed by atoms with Crippen molar-refractivity contribution in [2.45, 2.75) is 45.6 Å². The summed E-state index contributed by atoms with van der Waals surface area (Å²) in [7, 11) is 0. The van der Waals surface area contributed by atoms with Crippen molar-refractivity contribution in [2.24, 2.45) is 17.3 Å². The molecule has 1 fully saturated rings. The molecule has 0 amide bonds. The monoisotopic (exact) mass is 180 g/mol. The van der Waals surface area contributed by atoms with E-state index in [9.17, 15) is 5.11 Å². The molecular formula is C12H20O. The van der Waals surface area contributed by atoms with Crippen LogP contribution in [-0.4, -0.2) is 11.2 Å². The summed E-state index contributed by atoms with van der Waals surface area (Å²) in [6.45, 7) is 4.52. The average molecular weight is 180 g/mol. The Bertz CT molecular complexity index is 221. The first kappa shape index (κ1) is 9.26. The summed E-state index contributed by atoms with van der Waals surface area (Å²) in [5.74, 6) is 1.26. The average Bonchev–Trinajstić information content (AvgIpc) is 2.10. The maximum Gasteiger partial charge on any atom is 0.0602 e. The fourth-order valence-electron chi connectivity index (χ4n) is 3.15. The molecular weight excluding hydrogens is 160 g/mol. The molecule has 0 unspecified atom stereocenters. The minimum atomic E-state index is -0.0776. The lowest BCUT2D eigenvalue weighted by Gasteiger charge is -2.50. The van der Waals surface area contributed by atoms with E-state index >= 15 is 0 Å². The van der Waals surface area contributed by atoms with Crippen LogP contribution in [0.3, 0.4) is 0 Å². The van der Waals surface area contributed by atoms with Crippen molar-refractivity contribution in [3.63, 3.8) is 0 Å². The summed E-state index contributed by atoms with van der Waals surface area (Å²) >= 11 is 0. The van der Waals surface area contributed by atoms with Crippen molar-refractivity contribution in [3.8, 4) is 0 Å². The second kappa shape index (κ2) is 3.13. The molecule has 0 radical (unpaired) electrons. The number of fused-ring (bicyclic) bond motifs is 1. The van der Waals surface area contributed by atoms with Crippen molar-refractivity contribution in [3.05, 3.63) is 12.2 Å². The molecule has 1 N–H and O–H groups in total. The van der Waals surface area contributed by atoms with Gasteiger partial charge in [-0.1, -0.05) is 32.4 Å². The van der Waals surface area contributed by atoms with Crippen LogP contribution in [0.25, 0.3) is 0 Å². The maximum atomic E-state index is 10.1. The standard InChI is InChI=1S/C12H20O/c1-9-5-3-6-10-7-4-8-11(13)12(9,10)2/h3,5,9-11,13H,4,6-8H2,1-2H3/t9-,10+,11-,12+/m1/s1. The highest BCUT2D eigenvalue weighted by molar-refractivity contribution is 5.08. The van der Waals surface area contributed by atoms with E-state index in [0.717, 1.165) is 12.3 Å². The summed E-state index contributed by atoms with van der Waals surface area (Å²) in [5.41, 5.74) is 0.160. The Morgan fingerprint density at radius 3 is 2.85 bits per heavy atom. The van der Waals surface area contributed by atoms with Crippen molar-refractivity contribution < 1.29 is 5.11 Å². The van der Waals surface area contributed by atoms with Crippen molar-refractivity contribution in [2.75, 3.05) is 0 Å². The van der Waals surface area contributed by atoms with Gasteiger partial charge in [-0.15, -0.1) is 0 Å². The predicted molar refractivity (Wildman–Crippen MR) is 54.4 cm³/mol. The first-order chi connectivity index (χ1) is 6.15. The zero-order valence-corrected chi connectivity index (χ0v) is 8.66. The second-order valence-electron chi connectivity index (χ2n) is 4.96. The number of hydrogen-bond donors (Lipinski definition) is 1. The fraction of sp³-hybridized carbons (Fsp3) is 0.833. The maximum absolute atomic E-state index is 10.1. The molecule has 13 heavy (non-hydrogen) atoms. The van der Waals surface area contributed by atoms with Crippen LogP contribution in [0.2, 0.25) is 0 Å². The van der Waals surface area contributed by atoms with Crippen molar-refractivity contribution in [1.29, 1.82) is 0 Å². The molecule has 0 aromatic heterocycles. The van der Waals surface area contributed by atoms with E-state index in [-0.39, 0.29) is 11.5 Å². The van der Waals surface area contributed by atoms with Gasteiger partial charge in [0.15, 0.2) is 0 Å². The highest BCUT2D eigenvalue weighted by atomic mass is 16.3. The number of aliphatic hydroxyl groups is 1. The summed E-state index contributed by atoms with van der Waals surface area (Å²) in [6.07, 6.45) is 9.21. The number of allylic oxidation sites excluding steroid dienone is 2. The van der Waals surface area contributed by atoms with Crippen LogP contribution in [0.4, 0.5) is 0 Å². The van der Waals surface area contributed by atoms with Crippen molar-refractivity contribution >= 4 is 0 Å². The Labute approximate surface area is 80.8 Å². The van der Waals surface area contributed by atoms with Crippen molar-refractivity contribution in [1.82, 2.24) is 0 Å². The Hall–Kier alpha value is -0.300. The molecule has 2 aliphatic rings. The normalized spacial score (nSPS) is 50.2. The molecule has 74 valence electrons. The molecule has 0 aliphatic heterocycles. The Kier molecular flexibility index (Phi) is 2.23. The van der Waals surface area contributed by atoms with Gasteiger partial charge in [0.25, 0.3) is 0 Å². The topological polar surface area (TPSA) is 20.2 Å². The van der Waals surface area contributed by atoms with Crippen LogP contribution in [-0.2, 0) is 0 Å². The number of aliphatic hydroxyl groups excluding tert-OH is 1. The van der Waals surface area contributed by atoms with E-state index in [1.54, 1.807) is 0 Å². The molecule has 2 aliphatic carbocycles. The van der Waals surface area contributed by atoms with Crippen LogP contribution in [0, 0.1) is 17.3 Å². The molecule has 0 heterocycles. The molecule has 0 bridgehead atoms. The van der Waals surface area contributed by atoms with Gasteiger partial charge in [0.2, 0.25) is 0 Å². The second-order valence-corrected chi connectivity index (χ2v) is 4.96. The lowest BCUT2D eigenvalue weighted by atomic mass is 9.57. The third-order valence-corrected chi connectivity index (χ3v) is 4.45. The van der Waals surface area contributed by atoms with E-state index in [4.69, 9.17) is 0 Å². The molecule has 0 aromatic rings. The van der Waals surface area contributed by atoms with Gasteiger partial charge in [-0.3, -0.25) is 0 Å². The predicted octanol–water partition coefficient (Wildman–Crippen LogP) is 2.75. The first-order valence-corrected chi connectivity index (χ1v) is 5.50. The Balaban J connectivity index is 2.29. The van der Waals surface area contributed by atoms with Crippen LogP contribution in [0.15, 0.2) is 12.2 Å². The lowest BCUT2D eigenvalue weighted by molar-refractivity contribution is -0.0690. The minimum absolute atomic E-state index is 0.0776. The van der Waals surface area contributed by atoms with Gasteiger partial charge in [0.1, 0.15) is 0 Å². The van der Waals surface area contributed by atoms with Crippen LogP contribution in [0.5, 0.6) is 0 Å². The van der Waals surface area contributed by atoms with Crippen LogP contribution in [0.1, 0.15) is 39.5 Å². The fourth-order valence-corrected chi connectivity index (χ4v) is 3.15. The summed E-state index contributed by atoms with van der Waals surface area (Å²) in [6, 6.07) is 0. The first-order valence-electron chi connectivity index (χ1n) is 5.50. The number of hydrogen-bond acceptors (Lipinski definition) is 1. The molecule has 2 rings (SSSR count). The van der Waals surface area contributed by atoms with Crippen LogP contribution >= 0.6 is 0 Å². The SMILES string of the molecule is C[C@@H]1C=CC[C@H]2CCC[C@@H](O)[C@]21C. The zero-order chi connectivity index (χ0) is 9.47. The Morgan fingerprint density at radius 1 is 1.38 bits per heavy atom. The van der Waals surface area contributed by atoms with E-state index in [1.165, 1.54) is 19.3 Å². The van der Waals surface area contributed by atoms with E-state index in [2.05, 4.69) is 26.0 Å². The quantitative estimate of drug-likeness (QED) is 0.568.